The summed E-state index contributed by atoms with van der Waals surface area (Å²) in [5.41, 5.74) is 1.23. The molecule has 1 fully saturated rings. The smallest absolute Gasteiger partial charge is 0.310 e. The van der Waals surface area contributed by atoms with Gasteiger partial charge in [0.25, 0.3) is 0 Å². The van der Waals surface area contributed by atoms with Gasteiger partial charge in [-0.25, -0.2) is 4.98 Å². The first-order chi connectivity index (χ1) is 11.0. The molecule has 0 spiro atoms. The van der Waals surface area contributed by atoms with Gasteiger partial charge in [-0.3, -0.25) is 4.79 Å². The van der Waals surface area contributed by atoms with Gasteiger partial charge in [-0.05, 0) is 31.4 Å². The molecule has 0 amide bonds. The molecular formula is C18H22N2O2S. The maximum atomic E-state index is 12.1. The molecular weight excluding hydrogens is 308 g/mol. The van der Waals surface area contributed by atoms with Gasteiger partial charge in [0, 0.05) is 17.5 Å². The van der Waals surface area contributed by atoms with Crippen LogP contribution in [0.4, 0.5) is 10.8 Å². The van der Waals surface area contributed by atoms with Crippen LogP contribution in [0.25, 0.3) is 0 Å². The number of anilines is 2. The van der Waals surface area contributed by atoms with Crippen molar-refractivity contribution in [2.75, 3.05) is 5.32 Å². The Balaban J connectivity index is 1.73. The number of nitrogens with zero attached hydrogens (tertiary/aromatic N) is 1. The average Bonchev–Trinajstić information content (AvgIpc) is 3.06. The number of carbonyl (C=O) groups is 1. The fourth-order valence-corrected chi connectivity index (χ4v) is 3.88. The topological polar surface area (TPSA) is 51.2 Å². The maximum Gasteiger partial charge on any atom is 0.310 e. The van der Waals surface area contributed by atoms with E-state index in [0.717, 1.165) is 22.9 Å². The van der Waals surface area contributed by atoms with Crippen LogP contribution in [0.2, 0.25) is 0 Å². The fraction of sp³-hybridized carbons (Fsp3) is 0.444. The van der Waals surface area contributed by atoms with Gasteiger partial charge in [0.2, 0.25) is 0 Å². The highest BCUT2D eigenvalue weighted by Gasteiger charge is 2.46. The summed E-state index contributed by atoms with van der Waals surface area (Å²) in [6, 6.07) is 9.93. The molecule has 23 heavy (non-hydrogen) atoms. The van der Waals surface area contributed by atoms with Crippen LogP contribution in [-0.4, -0.2) is 11.0 Å². The van der Waals surface area contributed by atoms with E-state index in [9.17, 15) is 4.79 Å². The van der Waals surface area contributed by atoms with Crippen LogP contribution in [0.15, 0.2) is 35.7 Å². The number of para-hydroxylation sites is 1. The molecule has 1 aromatic heterocycles. The number of nitrogens with one attached hydrogen (secondary N) is 1. The predicted octanol–water partition coefficient (Wildman–Crippen LogP) is 4.71. The number of hydrogen-bond acceptors (Lipinski definition) is 5. The Bertz CT molecular complexity index is 683. The Kier molecular flexibility index (Phi) is 4.39. The predicted molar refractivity (Wildman–Crippen MR) is 92.8 cm³/mol. The first kappa shape index (κ1) is 16.0. The van der Waals surface area contributed by atoms with Crippen molar-refractivity contribution in [3.05, 3.63) is 41.4 Å². The van der Waals surface area contributed by atoms with E-state index in [-0.39, 0.29) is 11.9 Å². The number of carbonyl (C=O) groups excluding carboxylic acids is 1. The molecule has 1 N–H and O–H groups in total. The first-order valence-electron chi connectivity index (χ1n) is 7.97. The summed E-state index contributed by atoms with van der Waals surface area (Å²) < 4.78 is 5.69. The summed E-state index contributed by atoms with van der Waals surface area (Å²) >= 11 is 1.53. The highest BCUT2D eigenvalue weighted by molar-refractivity contribution is 7.13. The lowest BCUT2D eigenvalue weighted by Gasteiger charge is -2.20. The van der Waals surface area contributed by atoms with Gasteiger partial charge in [0.1, 0.15) is 0 Å². The van der Waals surface area contributed by atoms with Crippen molar-refractivity contribution in [2.24, 2.45) is 11.8 Å². The molecule has 1 aliphatic rings. The van der Waals surface area contributed by atoms with E-state index in [1.165, 1.54) is 11.3 Å². The molecule has 5 heteroatoms. The first-order valence-corrected chi connectivity index (χ1v) is 8.85. The highest BCUT2D eigenvalue weighted by atomic mass is 32.1. The molecule has 0 radical (unpaired) electrons. The van der Waals surface area contributed by atoms with Crippen LogP contribution < -0.4 is 5.32 Å². The van der Waals surface area contributed by atoms with Crippen LogP contribution in [0.1, 0.15) is 39.3 Å². The molecule has 0 unspecified atom stereocenters. The lowest BCUT2D eigenvalue weighted by molar-refractivity contribution is -0.150. The van der Waals surface area contributed by atoms with Crippen molar-refractivity contribution < 1.29 is 9.53 Å². The van der Waals surface area contributed by atoms with E-state index in [2.05, 4.69) is 24.1 Å². The maximum absolute atomic E-state index is 12.1. The molecule has 2 atom stereocenters. The van der Waals surface area contributed by atoms with E-state index < -0.39 is 5.60 Å². The molecule has 4 nitrogen and oxygen atoms in total. The van der Waals surface area contributed by atoms with Gasteiger partial charge < -0.3 is 10.1 Å². The molecule has 122 valence electrons. The molecule has 3 rings (SSSR count). The van der Waals surface area contributed by atoms with Crippen LogP contribution in [0, 0.1) is 11.8 Å². The largest absolute Gasteiger partial charge is 0.453 e. The fourth-order valence-electron chi connectivity index (χ4n) is 3.03. The van der Waals surface area contributed by atoms with Gasteiger partial charge in [-0.15, -0.1) is 11.3 Å². The Morgan fingerprint density at radius 1 is 1.39 bits per heavy atom. The minimum absolute atomic E-state index is 0.0211. The normalized spacial score (nSPS) is 24.0. The SMILES string of the molecule is CC(C)C[C@H]1C[C@](C)(c2csc(Nc3ccccc3)n2)OC1=O. The third-order valence-electron chi connectivity index (χ3n) is 4.12. The standard InChI is InChI=1S/C18H22N2O2S/c1-12(2)9-13-10-18(3,22-16(13)21)15-11-23-17(20-15)19-14-7-5-4-6-8-14/h4-8,11-13H,9-10H2,1-3H3,(H,19,20)/t13-,18+/m0/s1. The Hall–Kier alpha value is -1.88. The second kappa shape index (κ2) is 6.32. The van der Waals surface area contributed by atoms with Crippen LogP contribution in [0.5, 0.6) is 0 Å². The summed E-state index contributed by atoms with van der Waals surface area (Å²) in [4.78, 5) is 16.8. The summed E-state index contributed by atoms with van der Waals surface area (Å²) in [5.74, 6) is 0.375. The van der Waals surface area contributed by atoms with E-state index >= 15 is 0 Å². The zero-order chi connectivity index (χ0) is 16.4. The lowest BCUT2D eigenvalue weighted by atomic mass is 9.88. The van der Waals surface area contributed by atoms with Gasteiger partial charge in [-0.1, -0.05) is 32.0 Å². The van der Waals surface area contributed by atoms with Crippen molar-refractivity contribution in [3.63, 3.8) is 0 Å². The van der Waals surface area contributed by atoms with Crippen molar-refractivity contribution in [1.29, 1.82) is 0 Å². The molecule has 2 aromatic rings. The van der Waals surface area contributed by atoms with Crippen molar-refractivity contribution in [3.8, 4) is 0 Å². The minimum atomic E-state index is -0.607. The van der Waals surface area contributed by atoms with E-state index in [1.807, 2.05) is 42.6 Å². The number of ether oxygens (including phenoxy) is 1. The summed E-state index contributed by atoms with van der Waals surface area (Å²) in [6.45, 7) is 6.23. The van der Waals surface area contributed by atoms with Gasteiger partial charge in [0.05, 0.1) is 11.6 Å². The molecule has 0 aliphatic carbocycles. The highest BCUT2D eigenvalue weighted by Crippen LogP contribution is 2.42. The molecule has 1 aliphatic heterocycles. The van der Waals surface area contributed by atoms with E-state index in [1.54, 1.807) is 0 Å². The van der Waals surface area contributed by atoms with Crippen LogP contribution >= 0.6 is 11.3 Å². The number of esters is 1. The second-order valence-electron chi connectivity index (χ2n) is 6.71. The molecule has 0 bridgehead atoms. The quantitative estimate of drug-likeness (QED) is 0.807. The number of benzene rings is 1. The van der Waals surface area contributed by atoms with Crippen molar-refractivity contribution >= 4 is 28.1 Å². The summed E-state index contributed by atoms with van der Waals surface area (Å²) in [7, 11) is 0. The van der Waals surface area contributed by atoms with Crippen LogP contribution in [-0.2, 0) is 15.1 Å². The summed E-state index contributed by atoms with van der Waals surface area (Å²) in [5, 5.41) is 6.08. The number of rotatable bonds is 5. The Morgan fingerprint density at radius 2 is 2.13 bits per heavy atom. The molecule has 1 saturated heterocycles. The monoisotopic (exact) mass is 330 g/mol. The minimum Gasteiger partial charge on any atom is -0.453 e. The Morgan fingerprint density at radius 3 is 2.83 bits per heavy atom. The third-order valence-corrected chi connectivity index (χ3v) is 4.88. The lowest BCUT2D eigenvalue weighted by Crippen LogP contribution is -2.21. The van der Waals surface area contributed by atoms with Crippen LogP contribution in [0.3, 0.4) is 0 Å². The zero-order valence-corrected chi connectivity index (χ0v) is 14.5. The summed E-state index contributed by atoms with van der Waals surface area (Å²) in [6.07, 6.45) is 1.58. The molecule has 0 saturated carbocycles. The van der Waals surface area contributed by atoms with Crippen molar-refractivity contribution in [2.45, 2.75) is 39.2 Å². The van der Waals surface area contributed by atoms with E-state index in [0.29, 0.717) is 12.3 Å². The number of hydrogen-bond donors (Lipinski definition) is 1. The molecule has 2 heterocycles. The average molecular weight is 330 g/mol. The zero-order valence-electron chi connectivity index (χ0n) is 13.7. The van der Waals surface area contributed by atoms with Crippen molar-refractivity contribution in [1.82, 2.24) is 4.98 Å². The molecule has 1 aromatic carbocycles. The number of thiazole rings is 1. The van der Waals surface area contributed by atoms with Gasteiger partial charge in [-0.2, -0.15) is 0 Å². The number of aromatic nitrogens is 1. The van der Waals surface area contributed by atoms with E-state index in [4.69, 9.17) is 4.74 Å². The van der Waals surface area contributed by atoms with Gasteiger partial charge in [0.15, 0.2) is 10.7 Å². The Labute approximate surface area is 140 Å². The third kappa shape index (κ3) is 3.55. The number of cyclic esters (lactones) is 1. The van der Waals surface area contributed by atoms with Gasteiger partial charge >= 0.3 is 5.97 Å². The second-order valence-corrected chi connectivity index (χ2v) is 7.57.